The van der Waals surface area contributed by atoms with Crippen molar-refractivity contribution in [2.75, 3.05) is 5.75 Å². The molecule has 6 fully saturated rings. The average Bonchev–Trinajstić information content (AvgIpc) is 3.19. The Kier molecular flexibility index (Phi) is 5.49. The Balaban J connectivity index is 1.07. The number of hydrogen-bond acceptors (Lipinski definition) is 6. The molecule has 0 saturated heterocycles. The van der Waals surface area contributed by atoms with Crippen molar-refractivity contribution < 1.29 is 14.7 Å². The molecule has 1 aliphatic heterocycles. The lowest BCUT2D eigenvalue weighted by Gasteiger charge is -2.61. The first-order valence-electron chi connectivity index (χ1n) is 14.3. The number of aliphatic hydroxyl groups excluding tert-OH is 1. The molecule has 0 aromatic heterocycles. The van der Waals surface area contributed by atoms with Crippen molar-refractivity contribution in [3.8, 4) is 0 Å². The number of rotatable bonds is 3. The molecule has 4 nitrogen and oxygen atoms in total. The number of nitrogens with zero attached hydrogens (tertiary/aromatic N) is 1. The van der Waals surface area contributed by atoms with E-state index >= 15 is 0 Å². The molecule has 6 heteroatoms. The number of carbonyl (C=O) groups excluding carboxylic acids is 2. The van der Waals surface area contributed by atoms with Crippen molar-refractivity contribution in [1.29, 1.82) is 0 Å². The summed E-state index contributed by atoms with van der Waals surface area (Å²) in [6, 6.07) is 0.488. The number of hydrogen-bond donors (Lipinski definition) is 1. The van der Waals surface area contributed by atoms with Gasteiger partial charge in [0, 0.05) is 24.0 Å². The number of ketones is 2. The van der Waals surface area contributed by atoms with E-state index < -0.39 is 0 Å². The highest BCUT2D eigenvalue weighted by Crippen LogP contribution is 2.80. The van der Waals surface area contributed by atoms with Crippen molar-refractivity contribution in [1.82, 2.24) is 0 Å². The maximum atomic E-state index is 13.6. The van der Waals surface area contributed by atoms with Crippen molar-refractivity contribution in [2.24, 2.45) is 50.8 Å². The molecule has 7 rings (SSSR count). The van der Waals surface area contributed by atoms with Gasteiger partial charge in [-0.3, -0.25) is 14.6 Å². The van der Waals surface area contributed by atoms with Gasteiger partial charge in [-0.05, 0) is 91.3 Å². The van der Waals surface area contributed by atoms with Crippen molar-refractivity contribution in [3.63, 3.8) is 0 Å². The Labute approximate surface area is 218 Å². The van der Waals surface area contributed by atoms with Crippen LogP contribution in [-0.2, 0) is 9.59 Å². The minimum absolute atomic E-state index is 0.0768. The molecule has 11 atom stereocenters. The summed E-state index contributed by atoms with van der Waals surface area (Å²) in [5, 5.41) is 12.4. The average molecular weight is 516 g/mol. The van der Waals surface area contributed by atoms with Crippen LogP contribution in [0.25, 0.3) is 0 Å². The van der Waals surface area contributed by atoms with Crippen molar-refractivity contribution >= 4 is 39.5 Å². The molecule has 7 aliphatic rings. The Morgan fingerprint density at radius 3 is 2.83 bits per heavy atom. The van der Waals surface area contributed by atoms with Crippen LogP contribution in [0.1, 0.15) is 90.9 Å². The lowest BCUT2D eigenvalue weighted by molar-refractivity contribution is -0.178. The van der Waals surface area contributed by atoms with Crippen LogP contribution in [-0.4, -0.2) is 44.2 Å². The molecule has 0 aromatic carbocycles. The van der Waals surface area contributed by atoms with Crippen LogP contribution in [0, 0.1) is 45.8 Å². The fourth-order valence-corrected chi connectivity index (χ4v) is 13.4. The number of fused-ring (bicyclic) bond motifs is 5. The Morgan fingerprint density at radius 1 is 1.17 bits per heavy atom. The maximum absolute atomic E-state index is 13.6. The fraction of sp³-hybridized carbons (Fsp3) is 0.897. The van der Waals surface area contributed by atoms with E-state index in [1.165, 1.54) is 38.5 Å². The van der Waals surface area contributed by atoms with E-state index in [4.69, 9.17) is 4.99 Å². The zero-order chi connectivity index (χ0) is 24.2. The molecule has 0 bridgehead atoms. The van der Waals surface area contributed by atoms with Crippen molar-refractivity contribution in [3.05, 3.63) is 0 Å². The summed E-state index contributed by atoms with van der Waals surface area (Å²) in [5.41, 5.74) is 0.202. The van der Waals surface area contributed by atoms with E-state index in [9.17, 15) is 14.7 Å². The molecule has 35 heavy (non-hydrogen) atoms. The lowest BCUT2D eigenvalue weighted by atomic mass is 9.43. The molecule has 0 amide bonds. The third-order valence-electron chi connectivity index (χ3n) is 12.5. The van der Waals surface area contributed by atoms with Crippen LogP contribution in [0.5, 0.6) is 0 Å². The molecular weight excluding hydrogens is 474 g/mol. The number of aliphatic imine (C=N–C) groups is 1. The van der Waals surface area contributed by atoms with Gasteiger partial charge >= 0.3 is 0 Å². The smallest absolute Gasteiger partial charge is 0.146 e. The van der Waals surface area contributed by atoms with Crippen LogP contribution in [0.4, 0.5) is 0 Å². The highest BCUT2D eigenvalue weighted by atomic mass is 32.2. The van der Waals surface area contributed by atoms with Crippen LogP contribution in [0.2, 0.25) is 0 Å². The van der Waals surface area contributed by atoms with Gasteiger partial charge in [0.15, 0.2) is 0 Å². The van der Waals surface area contributed by atoms with Gasteiger partial charge in [0.25, 0.3) is 0 Å². The summed E-state index contributed by atoms with van der Waals surface area (Å²) in [5.74, 6) is 3.52. The summed E-state index contributed by atoms with van der Waals surface area (Å²) in [4.78, 5) is 31.0. The standard InChI is InChI=1S/C29H41NO3S2/c1-27-14-22(32)25-18(11-16-12-29(16)13-17(31)9-10-28(25,29)2)19(27)7-8-20(27)23(33)15-34-26-30-21-5-3-4-6-24(21)35-26/h16,18-22,24-25,32H,3-15H2,1-2H3/t16?,18?,19?,20?,21?,22-,24?,25?,27?,28?,29?/m0/s1. The van der Waals surface area contributed by atoms with E-state index in [1.807, 2.05) is 11.8 Å². The van der Waals surface area contributed by atoms with Gasteiger partial charge in [-0.15, -0.1) is 0 Å². The lowest BCUT2D eigenvalue weighted by Crippen LogP contribution is -2.60. The molecule has 1 heterocycles. The molecule has 6 aliphatic carbocycles. The summed E-state index contributed by atoms with van der Waals surface area (Å²) < 4.78 is 1.15. The Hall–Kier alpha value is -0.330. The van der Waals surface area contributed by atoms with Crippen molar-refractivity contribution in [2.45, 2.75) is 108 Å². The molecule has 1 spiro atoms. The SMILES string of the molecule is CC12C[C@H](O)C3C(CC4CC45CC(=O)CCC35C)C1CCC2C(=O)CSC1=NC2CCCCC2S1. The summed E-state index contributed by atoms with van der Waals surface area (Å²) in [6.45, 7) is 4.77. The Bertz CT molecular complexity index is 983. The normalized spacial score (nSPS) is 54.1. The number of thioether (sulfide) groups is 2. The van der Waals surface area contributed by atoms with Gasteiger partial charge in [-0.1, -0.05) is 50.2 Å². The number of Topliss-reactive ketones (excluding diaryl/α,β-unsaturated/α-hetero) is 2. The van der Waals surface area contributed by atoms with Crippen LogP contribution < -0.4 is 0 Å². The monoisotopic (exact) mass is 515 g/mol. The topological polar surface area (TPSA) is 66.7 Å². The van der Waals surface area contributed by atoms with E-state index in [0.717, 1.165) is 36.5 Å². The molecule has 0 radical (unpaired) electrons. The first-order chi connectivity index (χ1) is 16.7. The third-order valence-corrected chi connectivity index (χ3v) is 15.0. The third kappa shape index (κ3) is 3.33. The van der Waals surface area contributed by atoms with Gasteiger partial charge in [-0.25, -0.2) is 0 Å². The minimum atomic E-state index is -0.336. The summed E-state index contributed by atoms with van der Waals surface area (Å²) in [6.07, 6.45) is 12.5. The van der Waals surface area contributed by atoms with Gasteiger partial charge in [0.2, 0.25) is 0 Å². The second-order valence-electron chi connectivity index (χ2n) is 13.8. The fourth-order valence-electron chi connectivity index (χ4n) is 10.8. The van der Waals surface area contributed by atoms with Gasteiger partial charge in [0.05, 0.1) is 17.9 Å². The second-order valence-corrected chi connectivity index (χ2v) is 16.2. The van der Waals surface area contributed by atoms with Gasteiger partial charge < -0.3 is 5.11 Å². The molecule has 10 unspecified atom stereocenters. The summed E-state index contributed by atoms with van der Waals surface area (Å²) in [7, 11) is 0. The van der Waals surface area contributed by atoms with E-state index in [-0.39, 0.29) is 28.3 Å². The molecule has 6 saturated carbocycles. The molecule has 0 aromatic rings. The summed E-state index contributed by atoms with van der Waals surface area (Å²) >= 11 is 3.62. The minimum Gasteiger partial charge on any atom is -0.393 e. The first kappa shape index (κ1) is 23.8. The molecule has 1 N–H and O–H groups in total. The Morgan fingerprint density at radius 2 is 2.00 bits per heavy atom. The number of carbonyl (C=O) groups is 2. The molecular formula is C29H41NO3S2. The number of aliphatic hydroxyl groups is 1. The first-order valence-corrected chi connectivity index (χ1v) is 16.2. The van der Waals surface area contributed by atoms with Crippen LogP contribution in [0.3, 0.4) is 0 Å². The molecule has 192 valence electrons. The van der Waals surface area contributed by atoms with Crippen LogP contribution >= 0.6 is 23.5 Å². The quantitative estimate of drug-likeness (QED) is 0.507. The zero-order valence-corrected chi connectivity index (χ0v) is 23.0. The highest BCUT2D eigenvalue weighted by Gasteiger charge is 2.75. The highest BCUT2D eigenvalue weighted by molar-refractivity contribution is 8.39. The van der Waals surface area contributed by atoms with E-state index in [2.05, 4.69) is 13.8 Å². The predicted octanol–water partition coefficient (Wildman–Crippen LogP) is 5.90. The predicted molar refractivity (Wildman–Crippen MR) is 143 cm³/mol. The largest absolute Gasteiger partial charge is 0.393 e. The zero-order valence-electron chi connectivity index (χ0n) is 21.3. The van der Waals surface area contributed by atoms with E-state index in [1.54, 1.807) is 11.8 Å². The van der Waals surface area contributed by atoms with E-state index in [0.29, 0.717) is 58.7 Å². The second kappa shape index (κ2) is 8.09. The van der Waals surface area contributed by atoms with Gasteiger partial charge in [-0.2, -0.15) is 0 Å². The maximum Gasteiger partial charge on any atom is 0.146 e. The van der Waals surface area contributed by atoms with Crippen LogP contribution in [0.15, 0.2) is 4.99 Å². The van der Waals surface area contributed by atoms with Gasteiger partial charge in [0.1, 0.15) is 15.9 Å².